The van der Waals surface area contributed by atoms with Crippen molar-refractivity contribution in [1.82, 2.24) is 10.3 Å². The Morgan fingerprint density at radius 1 is 1.48 bits per heavy atom. The first-order chi connectivity index (χ1) is 12.3. The zero-order chi connectivity index (χ0) is 17.6. The Balaban J connectivity index is 1.83. The second-order valence-corrected chi connectivity index (χ2v) is 6.48. The van der Waals surface area contributed by atoms with E-state index in [1.807, 2.05) is 30.3 Å². The van der Waals surface area contributed by atoms with Crippen LogP contribution in [0.25, 0.3) is 10.9 Å². The molecule has 25 heavy (non-hydrogen) atoms. The van der Waals surface area contributed by atoms with Gasteiger partial charge in [0.25, 0.3) is 0 Å². The third-order valence-electron chi connectivity index (χ3n) is 5.11. The smallest absolute Gasteiger partial charge is 0.119 e. The third-order valence-corrected chi connectivity index (χ3v) is 5.11. The molecule has 0 bridgehead atoms. The minimum absolute atomic E-state index is 0.475. The van der Waals surface area contributed by atoms with E-state index in [-0.39, 0.29) is 0 Å². The normalized spacial score (nSPS) is 21.2. The van der Waals surface area contributed by atoms with Gasteiger partial charge in [-0.05, 0) is 61.9 Å². The number of hydrogen-bond donors (Lipinski definition) is 2. The van der Waals surface area contributed by atoms with E-state index >= 15 is 0 Å². The van der Waals surface area contributed by atoms with E-state index in [2.05, 4.69) is 22.0 Å². The number of methoxy groups -OCH3 is 1. The lowest BCUT2D eigenvalue weighted by Gasteiger charge is -2.30. The standard InChI is InChI=1S/C20H25N3O2/c1-3-14-13-21-10-8-15(14)4-6-20(23-24)17-9-11-22-19-7-5-16(25-2)12-18(17)19/h3,5,7,9,11-12,14-15,21,24H,1,4,6,8,10,13H2,2H3/b23-20+. The molecule has 1 aliphatic rings. The molecular formula is C20H25N3O2. The Bertz CT molecular complexity index is 773. The van der Waals surface area contributed by atoms with E-state index in [4.69, 9.17) is 4.74 Å². The molecule has 3 rings (SSSR count). The highest BCUT2D eigenvalue weighted by Gasteiger charge is 2.23. The van der Waals surface area contributed by atoms with Crippen molar-refractivity contribution in [1.29, 1.82) is 0 Å². The van der Waals surface area contributed by atoms with Crippen LogP contribution in [0.2, 0.25) is 0 Å². The van der Waals surface area contributed by atoms with E-state index in [0.29, 0.717) is 17.5 Å². The van der Waals surface area contributed by atoms with Crippen LogP contribution in [0.4, 0.5) is 0 Å². The first-order valence-electron chi connectivity index (χ1n) is 8.74. The lowest BCUT2D eigenvalue weighted by molar-refractivity contribution is 0.285. The number of rotatable bonds is 6. The molecule has 2 N–H and O–H groups in total. The fourth-order valence-corrected chi connectivity index (χ4v) is 3.64. The molecule has 0 spiro atoms. The summed E-state index contributed by atoms with van der Waals surface area (Å²) in [7, 11) is 1.64. The number of nitrogens with zero attached hydrogens (tertiary/aromatic N) is 2. The largest absolute Gasteiger partial charge is 0.497 e. The van der Waals surface area contributed by atoms with Gasteiger partial charge < -0.3 is 15.3 Å². The van der Waals surface area contributed by atoms with Crippen LogP contribution in [0.5, 0.6) is 5.75 Å². The minimum atomic E-state index is 0.475. The fraction of sp³-hybridized carbons (Fsp3) is 0.400. The van der Waals surface area contributed by atoms with E-state index in [9.17, 15) is 5.21 Å². The molecule has 1 aromatic carbocycles. The van der Waals surface area contributed by atoms with Gasteiger partial charge in [-0.15, -0.1) is 6.58 Å². The molecule has 0 saturated carbocycles. The molecule has 1 aliphatic heterocycles. The van der Waals surface area contributed by atoms with Gasteiger partial charge >= 0.3 is 0 Å². The van der Waals surface area contributed by atoms with Crippen molar-refractivity contribution < 1.29 is 9.94 Å². The van der Waals surface area contributed by atoms with Crippen LogP contribution in [0.1, 0.15) is 24.8 Å². The Hall–Kier alpha value is -2.40. The molecule has 2 atom stereocenters. The molecule has 1 saturated heterocycles. The second kappa shape index (κ2) is 8.12. The average molecular weight is 339 g/mol. The van der Waals surface area contributed by atoms with Crippen LogP contribution in [0.15, 0.2) is 48.3 Å². The molecule has 0 radical (unpaired) electrons. The van der Waals surface area contributed by atoms with Gasteiger partial charge in [0.15, 0.2) is 0 Å². The van der Waals surface area contributed by atoms with Crippen molar-refractivity contribution in [3.8, 4) is 5.75 Å². The highest BCUT2D eigenvalue weighted by atomic mass is 16.5. The van der Waals surface area contributed by atoms with Gasteiger partial charge in [-0.1, -0.05) is 11.2 Å². The number of benzene rings is 1. The maximum atomic E-state index is 9.62. The van der Waals surface area contributed by atoms with Crippen molar-refractivity contribution in [3.63, 3.8) is 0 Å². The van der Waals surface area contributed by atoms with Gasteiger partial charge in [-0.25, -0.2) is 0 Å². The zero-order valence-electron chi connectivity index (χ0n) is 14.6. The van der Waals surface area contributed by atoms with Crippen LogP contribution >= 0.6 is 0 Å². The lowest BCUT2D eigenvalue weighted by Crippen LogP contribution is -2.35. The van der Waals surface area contributed by atoms with Crippen LogP contribution in [0, 0.1) is 11.8 Å². The van der Waals surface area contributed by atoms with Crippen LogP contribution in [-0.4, -0.2) is 36.1 Å². The molecule has 2 heterocycles. The average Bonchev–Trinajstić information content (AvgIpc) is 2.68. The molecule has 2 unspecified atom stereocenters. The highest BCUT2D eigenvalue weighted by Crippen LogP contribution is 2.28. The summed E-state index contributed by atoms with van der Waals surface area (Å²) in [6.45, 7) is 5.98. The van der Waals surface area contributed by atoms with Gasteiger partial charge in [-0.2, -0.15) is 0 Å². The van der Waals surface area contributed by atoms with Gasteiger partial charge in [0.2, 0.25) is 0 Å². The highest BCUT2D eigenvalue weighted by molar-refractivity contribution is 6.10. The minimum Gasteiger partial charge on any atom is -0.497 e. The maximum absolute atomic E-state index is 9.62. The Morgan fingerprint density at radius 3 is 3.12 bits per heavy atom. The number of ether oxygens (including phenoxy) is 1. The Kier molecular flexibility index (Phi) is 5.66. The summed E-state index contributed by atoms with van der Waals surface area (Å²) in [5.41, 5.74) is 2.47. The predicted octanol–water partition coefficient (Wildman–Crippen LogP) is 3.61. The number of hydrogen-bond acceptors (Lipinski definition) is 5. The first kappa shape index (κ1) is 17.4. The van der Waals surface area contributed by atoms with E-state index in [1.54, 1.807) is 13.3 Å². The molecule has 1 aromatic heterocycles. The molecular weight excluding hydrogens is 314 g/mol. The lowest BCUT2D eigenvalue weighted by atomic mass is 9.82. The van der Waals surface area contributed by atoms with Crippen molar-refractivity contribution in [3.05, 3.63) is 48.7 Å². The molecule has 132 valence electrons. The fourth-order valence-electron chi connectivity index (χ4n) is 3.64. The summed E-state index contributed by atoms with van der Waals surface area (Å²) < 4.78 is 5.33. The Morgan fingerprint density at radius 2 is 2.36 bits per heavy atom. The summed E-state index contributed by atoms with van der Waals surface area (Å²) in [5.74, 6) is 1.81. The van der Waals surface area contributed by atoms with Gasteiger partial charge in [-0.3, -0.25) is 4.98 Å². The number of piperidine rings is 1. The monoisotopic (exact) mass is 339 g/mol. The van der Waals surface area contributed by atoms with E-state index in [0.717, 1.165) is 54.6 Å². The van der Waals surface area contributed by atoms with Crippen LogP contribution in [-0.2, 0) is 0 Å². The number of aromatic nitrogens is 1. The summed E-state index contributed by atoms with van der Waals surface area (Å²) in [6.07, 6.45) is 6.62. The molecule has 2 aromatic rings. The number of oxime groups is 1. The van der Waals surface area contributed by atoms with E-state index < -0.39 is 0 Å². The maximum Gasteiger partial charge on any atom is 0.119 e. The molecule has 5 heteroatoms. The third kappa shape index (κ3) is 3.82. The summed E-state index contributed by atoms with van der Waals surface area (Å²) >= 11 is 0. The predicted molar refractivity (Wildman–Crippen MR) is 101 cm³/mol. The van der Waals surface area contributed by atoms with E-state index in [1.165, 1.54) is 0 Å². The quantitative estimate of drug-likeness (QED) is 0.365. The molecule has 5 nitrogen and oxygen atoms in total. The Labute approximate surface area is 148 Å². The summed E-state index contributed by atoms with van der Waals surface area (Å²) in [4.78, 5) is 4.40. The van der Waals surface area contributed by atoms with Gasteiger partial charge in [0.1, 0.15) is 5.75 Å². The first-order valence-corrected chi connectivity index (χ1v) is 8.74. The molecule has 1 fully saturated rings. The number of pyridine rings is 1. The van der Waals surface area contributed by atoms with Crippen molar-refractivity contribution in [2.45, 2.75) is 19.3 Å². The van der Waals surface area contributed by atoms with Crippen LogP contribution in [0.3, 0.4) is 0 Å². The van der Waals surface area contributed by atoms with Crippen molar-refractivity contribution >= 4 is 16.6 Å². The zero-order valence-corrected chi connectivity index (χ0v) is 14.6. The summed E-state index contributed by atoms with van der Waals surface area (Å²) in [5, 5.41) is 17.6. The van der Waals surface area contributed by atoms with Crippen molar-refractivity contribution in [2.75, 3.05) is 20.2 Å². The van der Waals surface area contributed by atoms with Crippen LogP contribution < -0.4 is 10.1 Å². The van der Waals surface area contributed by atoms with Gasteiger partial charge in [0, 0.05) is 23.7 Å². The molecule has 0 aliphatic carbocycles. The number of fused-ring (bicyclic) bond motifs is 1. The van der Waals surface area contributed by atoms with Crippen molar-refractivity contribution in [2.24, 2.45) is 17.0 Å². The summed E-state index contributed by atoms with van der Waals surface area (Å²) in [6, 6.07) is 7.66. The second-order valence-electron chi connectivity index (χ2n) is 6.48. The molecule has 0 amide bonds. The topological polar surface area (TPSA) is 66.7 Å². The SMILES string of the molecule is C=CC1CNCCC1CC/C(=N\O)c1ccnc2ccc(OC)cc12. The number of nitrogens with one attached hydrogen (secondary N) is 1. The van der Waals surface area contributed by atoms with Gasteiger partial charge in [0.05, 0.1) is 18.3 Å².